The molecule has 0 aliphatic carbocycles. The highest BCUT2D eigenvalue weighted by molar-refractivity contribution is 7.16. The average Bonchev–Trinajstić information content (AvgIpc) is 3.36. The van der Waals surface area contributed by atoms with Crippen molar-refractivity contribution < 1.29 is 14.3 Å². The van der Waals surface area contributed by atoms with Crippen LogP contribution in [0, 0.1) is 5.92 Å². The fourth-order valence-electron chi connectivity index (χ4n) is 3.60. The van der Waals surface area contributed by atoms with Gasteiger partial charge < -0.3 is 19.7 Å². The molecule has 0 saturated carbocycles. The molecule has 1 N–H and O–H groups in total. The smallest absolute Gasteiger partial charge is 0.231 e. The van der Waals surface area contributed by atoms with Gasteiger partial charge in [0.05, 0.1) is 5.39 Å². The highest BCUT2D eigenvalue weighted by atomic mass is 32.1. The molecule has 8 heteroatoms. The van der Waals surface area contributed by atoms with Gasteiger partial charge in [-0.05, 0) is 36.4 Å². The number of ether oxygens (including phenoxy) is 2. The van der Waals surface area contributed by atoms with Crippen LogP contribution in [-0.2, 0) is 4.79 Å². The normalized spacial score (nSPS) is 16.7. The predicted octanol–water partition coefficient (Wildman–Crippen LogP) is 3.28. The zero-order valence-electron chi connectivity index (χ0n) is 14.6. The van der Waals surface area contributed by atoms with E-state index in [1.807, 2.05) is 23.6 Å². The Morgan fingerprint density at radius 1 is 1.15 bits per heavy atom. The highest BCUT2D eigenvalue weighted by Gasteiger charge is 2.27. The number of hydrogen-bond donors (Lipinski definition) is 1. The van der Waals surface area contributed by atoms with Crippen molar-refractivity contribution in [1.29, 1.82) is 0 Å². The van der Waals surface area contributed by atoms with Crippen LogP contribution in [0.3, 0.4) is 0 Å². The molecular formula is C19H18N4O3S. The van der Waals surface area contributed by atoms with Crippen LogP contribution in [0.25, 0.3) is 10.2 Å². The molecule has 0 radical (unpaired) electrons. The summed E-state index contributed by atoms with van der Waals surface area (Å²) in [5, 5.41) is 6.13. The number of amides is 1. The van der Waals surface area contributed by atoms with E-state index in [2.05, 4.69) is 26.3 Å². The molecule has 2 aliphatic rings. The van der Waals surface area contributed by atoms with E-state index in [9.17, 15) is 4.79 Å². The molecular weight excluding hydrogens is 364 g/mol. The summed E-state index contributed by atoms with van der Waals surface area (Å²) in [6, 6.07) is 7.54. The Labute approximate surface area is 159 Å². The molecule has 0 spiro atoms. The summed E-state index contributed by atoms with van der Waals surface area (Å²) in [5.41, 5.74) is 0.738. The molecule has 1 saturated heterocycles. The Morgan fingerprint density at radius 3 is 2.89 bits per heavy atom. The fraction of sp³-hybridized carbons (Fsp3) is 0.316. The third kappa shape index (κ3) is 3.06. The summed E-state index contributed by atoms with van der Waals surface area (Å²) in [6.07, 6.45) is 3.21. The standard InChI is InChI=1S/C19H18N4O3S/c24-18(22-13-1-2-15-16(9-13)26-11-25-15)12-3-6-23(7-4-12)17-14-5-8-27-19(14)21-10-20-17/h1-2,5,8-10,12H,3-4,6-7,11H2,(H,22,24). The second kappa shape index (κ2) is 6.70. The van der Waals surface area contributed by atoms with E-state index < -0.39 is 0 Å². The van der Waals surface area contributed by atoms with E-state index in [1.54, 1.807) is 17.7 Å². The third-order valence-electron chi connectivity index (χ3n) is 5.05. The SMILES string of the molecule is O=C(Nc1ccc2c(c1)OCO2)C1CCN(c2ncnc3sccc23)CC1. The van der Waals surface area contributed by atoms with Gasteiger partial charge in [-0.15, -0.1) is 11.3 Å². The molecule has 1 amide bonds. The Hall–Kier alpha value is -2.87. The van der Waals surface area contributed by atoms with Crippen molar-refractivity contribution in [1.82, 2.24) is 9.97 Å². The summed E-state index contributed by atoms with van der Waals surface area (Å²) in [7, 11) is 0. The van der Waals surface area contributed by atoms with E-state index in [4.69, 9.17) is 9.47 Å². The van der Waals surface area contributed by atoms with Crippen LogP contribution < -0.4 is 19.7 Å². The molecule has 1 fully saturated rings. The number of benzene rings is 1. The first kappa shape index (κ1) is 16.3. The molecule has 0 atom stereocenters. The van der Waals surface area contributed by atoms with Gasteiger partial charge in [0.2, 0.25) is 12.7 Å². The first-order valence-corrected chi connectivity index (χ1v) is 9.79. The Balaban J connectivity index is 1.24. The maximum Gasteiger partial charge on any atom is 0.231 e. The fourth-order valence-corrected chi connectivity index (χ4v) is 4.33. The van der Waals surface area contributed by atoms with E-state index in [0.29, 0.717) is 11.5 Å². The van der Waals surface area contributed by atoms with Crippen molar-refractivity contribution >= 4 is 39.0 Å². The van der Waals surface area contributed by atoms with Gasteiger partial charge in [-0.3, -0.25) is 4.79 Å². The molecule has 4 heterocycles. The van der Waals surface area contributed by atoms with Crippen LogP contribution in [0.1, 0.15) is 12.8 Å². The van der Waals surface area contributed by atoms with Gasteiger partial charge in [0.25, 0.3) is 0 Å². The topological polar surface area (TPSA) is 76.6 Å². The zero-order valence-corrected chi connectivity index (χ0v) is 15.4. The molecule has 2 aromatic heterocycles. The van der Waals surface area contributed by atoms with Gasteiger partial charge >= 0.3 is 0 Å². The summed E-state index contributed by atoms with van der Waals surface area (Å²) in [6.45, 7) is 1.84. The van der Waals surface area contributed by atoms with Gasteiger partial charge in [0.15, 0.2) is 11.5 Å². The van der Waals surface area contributed by atoms with Crippen LogP contribution in [-0.4, -0.2) is 35.8 Å². The lowest BCUT2D eigenvalue weighted by molar-refractivity contribution is -0.120. The van der Waals surface area contributed by atoms with Crippen molar-refractivity contribution in [3.05, 3.63) is 36.0 Å². The molecule has 1 aromatic carbocycles. The van der Waals surface area contributed by atoms with E-state index in [1.165, 1.54) is 0 Å². The minimum atomic E-state index is -0.00789. The van der Waals surface area contributed by atoms with Gasteiger partial charge in [-0.25, -0.2) is 9.97 Å². The summed E-state index contributed by atoms with van der Waals surface area (Å²) >= 11 is 1.62. The van der Waals surface area contributed by atoms with Crippen molar-refractivity contribution in [2.75, 3.05) is 30.1 Å². The minimum Gasteiger partial charge on any atom is -0.454 e. The van der Waals surface area contributed by atoms with E-state index in [0.717, 1.165) is 47.7 Å². The molecule has 7 nitrogen and oxygen atoms in total. The van der Waals surface area contributed by atoms with Crippen LogP contribution in [0.4, 0.5) is 11.5 Å². The highest BCUT2D eigenvalue weighted by Crippen LogP contribution is 2.35. The molecule has 0 bridgehead atoms. The number of piperidine rings is 1. The van der Waals surface area contributed by atoms with Crippen LogP contribution >= 0.6 is 11.3 Å². The van der Waals surface area contributed by atoms with Crippen molar-refractivity contribution in [2.24, 2.45) is 5.92 Å². The molecule has 5 rings (SSSR count). The summed E-state index contributed by atoms with van der Waals surface area (Å²) < 4.78 is 10.7. The Kier molecular flexibility index (Phi) is 4.05. The van der Waals surface area contributed by atoms with Gasteiger partial charge in [0, 0.05) is 30.8 Å². The van der Waals surface area contributed by atoms with Crippen molar-refractivity contribution in [3.8, 4) is 11.5 Å². The second-order valence-electron chi connectivity index (χ2n) is 6.66. The number of aromatic nitrogens is 2. The van der Waals surface area contributed by atoms with Gasteiger partial charge in [-0.1, -0.05) is 0 Å². The minimum absolute atomic E-state index is 0.00789. The molecule has 138 valence electrons. The lowest BCUT2D eigenvalue weighted by Gasteiger charge is -2.32. The van der Waals surface area contributed by atoms with E-state index >= 15 is 0 Å². The monoisotopic (exact) mass is 382 g/mol. The van der Waals surface area contributed by atoms with Gasteiger partial charge in [0.1, 0.15) is 17.0 Å². The molecule has 3 aromatic rings. The Morgan fingerprint density at radius 2 is 2.00 bits per heavy atom. The molecule has 27 heavy (non-hydrogen) atoms. The number of carbonyl (C=O) groups is 1. The number of carbonyl (C=O) groups excluding carboxylic acids is 1. The second-order valence-corrected chi connectivity index (χ2v) is 7.55. The number of fused-ring (bicyclic) bond motifs is 2. The average molecular weight is 382 g/mol. The van der Waals surface area contributed by atoms with Gasteiger partial charge in [-0.2, -0.15) is 0 Å². The van der Waals surface area contributed by atoms with Crippen molar-refractivity contribution in [2.45, 2.75) is 12.8 Å². The lowest BCUT2D eigenvalue weighted by Crippen LogP contribution is -2.38. The maximum atomic E-state index is 12.7. The summed E-state index contributed by atoms with van der Waals surface area (Å²) in [5.74, 6) is 2.40. The molecule has 0 unspecified atom stereocenters. The first-order valence-electron chi connectivity index (χ1n) is 8.91. The number of nitrogens with one attached hydrogen (secondary N) is 1. The Bertz CT molecular complexity index is 998. The predicted molar refractivity (Wildman–Crippen MR) is 104 cm³/mol. The van der Waals surface area contributed by atoms with Crippen LogP contribution in [0.15, 0.2) is 36.0 Å². The number of nitrogens with zero attached hydrogens (tertiary/aromatic N) is 3. The van der Waals surface area contributed by atoms with E-state index in [-0.39, 0.29) is 18.6 Å². The van der Waals surface area contributed by atoms with Crippen molar-refractivity contribution in [3.63, 3.8) is 0 Å². The lowest BCUT2D eigenvalue weighted by atomic mass is 9.95. The molecule has 2 aliphatic heterocycles. The first-order chi connectivity index (χ1) is 13.3. The van der Waals surface area contributed by atoms with Crippen LogP contribution in [0.5, 0.6) is 11.5 Å². The quantitative estimate of drug-likeness (QED) is 0.749. The number of anilines is 2. The number of hydrogen-bond acceptors (Lipinski definition) is 7. The summed E-state index contributed by atoms with van der Waals surface area (Å²) in [4.78, 5) is 24.7. The van der Waals surface area contributed by atoms with Crippen LogP contribution in [0.2, 0.25) is 0 Å². The largest absolute Gasteiger partial charge is 0.454 e. The number of rotatable bonds is 3. The number of thiophene rings is 1. The zero-order chi connectivity index (χ0) is 18.2. The third-order valence-corrected chi connectivity index (χ3v) is 5.87. The maximum absolute atomic E-state index is 12.7.